The number of aliphatic hydroxyl groups excluding tert-OH is 1. The SMILES string of the molecule is C=C(/C=C\C1=C(C)OCCN(C[C@H](O)CN2CCC3CCCCCC3C2)C1=O)OC1CCC(=O)NC1. The molecule has 0 aromatic rings. The Labute approximate surface area is 215 Å². The molecule has 3 fully saturated rings. The van der Waals surface area contributed by atoms with Gasteiger partial charge in [-0.25, -0.2) is 0 Å². The summed E-state index contributed by atoms with van der Waals surface area (Å²) >= 11 is 0. The van der Waals surface area contributed by atoms with E-state index in [-0.39, 0.29) is 24.5 Å². The number of β-amino-alcohol motifs (C(OH)–C–C–N with tert-alkyl or cyclic N) is 1. The molecule has 0 aromatic carbocycles. The third-order valence-electron chi connectivity index (χ3n) is 8.08. The number of piperidine rings is 2. The van der Waals surface area contributed by atoms with Crippen molar-refractivity contribution < 1.29 is 24.2 Å². The molecule has 0 spiro atoms. The molecule has 0 bridgehead atoms. The minimum Gasteiger partial charge on any atom is -0.496 e. The number of aliphatic hydroxyl groups is 1. The van der Waals surface area contributed by atoms with Gasteiger partial charge in [-0.15, -0.1) is 0 Å². The van der Waals surface area contributed by atoms with Crippen LogP contribution in [0.2, 0.25) is 0 Å². The molecule has 0 radical (unpaired) electrons. The number of ether oxygens (including phenoxy) is 2. The van der Waals surface area contributed by atoms with Crippen molar-refractivity contribution in [3.63, 3.8) is 0 Å². The Morgan fingerprint density at radius 3 is 2.75 bits per heavy atom. The molecule has 1 saturated carbocycles. The molecule has 4 aliphatic rings. The minimum atomic E-state index is -0.597. The Morgan fingerprint density at radius 1 is 1.17 bits per heavy atom. The normalized spacial score (nSPS) is 29.2. The van der Waals surface area contributed by atoms with Gasteiger partial charge >= 0.3 is 0 Å². The quantitative estimate of drug-likeness (QED) is 0.393. The first-order valence-corrected chi connectivity index (χ1v) is 13.7. The van der Waals surface area contributed by atoms with E-state index >= 15 is 0 Å². The summed E-state index contributed by atoms with van der Waals surface area (Å²) in [4.78, 5) is 28.8. The van der Waals surface area contributed by atoms with E-state index in [4.69, 9.17) is 9.47 Å². The van der Waals surface area contributed by atoms with Crippen molar-refractivity contribution in [2.75, 3.05) is 45.9 Å². The van der Waals surface area contributed by atoms with Crippen molar-refractivity contribution >= 4 is 11.8 Å². The summed E-state index contributed by atoms with van der Waals surface area (Å²) in [7, 11) is 0. The van der Waals surface area contributed by atoms with Crippen LogP contribution < -0.4 is 5.32 Å². The molecule has 36 heavy (non-hydrogen) atoms. The van der Waals surface area contributed by atoms with Crippen LogP contribution in [-0.2, 0) is 19.1 Å². The fourth-order valence-corrected chi connectivity index (χ4v) is 6.04. The number of nitrogens with zero attached hydrogens (tertiary/aromatic N) is 2. The summed E-state index contributed by atoms with van der Waals surface area (Å²) in [5, 5.41) is 13.7. The number of hydrogen-bond acceptors (Lipinski definition) is 6. The van der Waals surface area contributed by atoms with Gasteiger partial charge in [-0.3, -0.25) is 9.59 Å². The number of rotatable bonds is 8. The predicted molar refractivity (Wildman–Crippen MR) is 138 cm³/mol. The average molecular weight is 502 g/mol. The van der Waals surface area contributed by atoms with Crippen LogP contribution in [0.25, 0.3) is 0 Å². The topological polar surface area (TPSA) is 91.3 Å². The highest BCUT2D eigenvalue weighted by atomic mass is 16.5. The molecule has 3 aliphatic heterocycles. The second-order valence-electron chi connectivity index (χ2n) is 10.8. The molecule has 3 heterocycles. The zero-order chi connectivity index (χ0) is 25.5. The van der Waals surface area contributed by atoms with E-state index in [1.54, 1.807) is 24.0 Å². The summed E-state index contributed by atoms with van der Waals surface area (Å²) in [6.07, 6.45) is 11.7. The molecular formula is C28H43N3O5. The standard InChI is InChI=1S/C28H43N3O5/c1-20(36-25-9-11-27(33)29-16-25)8-10-26-21(2)35-15-14-31(28(26)34)19-24(32)18-30-13-12-22-6-4-3-5-7-23(22)17-30/h8,10,22-25,32H,1,3-7,9,11-19H2,2H3,(H,29,33)/b10-8-/t22?,23?,24-,25?/m1/s1. The second kappa shape index (κ2) is 12.8. The van der Waals surface area contributed by atoms with Gasteiger partial charge < -0.3 is 29.7 Å². The molecule has 0 aromatic heterocycles. The van der Waals surface area contributed by atoms with Gasteiger partial charge in [-0.2, -0.15) is 0 Å². The first kappa shape index (κ1) is 26.7. The van der Waals surface area contributed by atoms with Crippen molar-refractivity contribution in [2.45, 2.75) is 70.5 Å². The number of carbonyl (C=O) groups excluding carboxylic acids is 2. The molecule has 8 nitrogen and oxygen atoms in total. The molecular weight excluding hydrogens is 458 g/mol. The van der Waals surface area contributed by atoms with Crippen molar-refractivity contribution in [3.8, 4) is 0 Å². The van der Waals surface area contributed by atoms with Crippen molar-refractivity contribution in [3.05, 3.63) is 35.8 Å². The van der Waals surface area contributed by atoms with E-state index in [9.17, 15) is 14.7 Å². The Morgan fingerprint density at radius 2 is 1.97 bits per heavy atom. The monoisotopic (exact) mass is 501 g/mol. The molecule has 2 saturated heterocycles. The second-order valence-corrected chi connectivity index (χ2v) is 10.8. The fraction of sp³-hybridized carbons (Fsp3) is 0.714. The van der Waals surface area contributed by atoms with E-state index in [0.29, 0.717) is 56.2 Å². The maximum absolute atomic E-state index is 13.3. The zero-order valence-electron chi connectivity index (χ0n) is 21.8. The summed E-state index contributed by atoms with van der Waals surface area (Å²) in [5.41, 5.74) is 0.445. The minimum absolute atomic E-state index is 0.0363. The van der Waals surface area contributed by atoms with Crippen molar-refractivity contribution in [1.82, 2.24) is 15.1 Å². The van der Waals surface area contributed by atoms with Crippen molar-refractivity contribution in [2.24, 2.45) is 11.8 Å². The van der Waals surface area contributed by atoms with Crippen LogP contribution in [0, 0.1) is 11.8 Å². The van der Waals surface area contributed by atoms with E-state index in [0.717, 1.165) is 24.9 Å². The zero-order valence-corrected chi connectivity index (χ0v) is 21.8. The molecule has 4 rings (SSSR count). The van der Waals surface area contributed by atoms with E-state index in [2.05, 4.69) is 16.8 Å². The number of allylic oxidation sites excluding steroid dienone is 2. The van der Waals surface area contributed by atoms with Crippen LogP contribution in [0.4, 0.5) is 0 Å². The van der Waals surface area contributed by atoms with Crippen LogP contribution in [0.15, 0.2) is 35.8 Å². The summed E-state index contributed by atoms with van der Waals surface area (Å²) in [5.74, 6) is 2.48. The van der Waals surface area contributed by atoms with Crippen LogP contribution in [-0.4, -0.2) is 84.8 Å². The molecule has 200 valence electrons. The first-order valence-electron chi connectivity index (χ1n) is 13.7. The highest BCUT2D eigenvalue weighted by molar-refractivity contribution is 5.97. The smallest absolute Gasteiger partial charge is 0.257 e. The summed E-state index contributed by atoms with van der Waals surface area (Å²) in [6.45, 7) is 10.0. The maximum atomic E-state index is 13.3. The molecule has 2 N–H and O–H groups in total. The fourth-order valence-electron chi connectivity index (χ4n) is 6.04. The van der Waals surface area contributed by atoms with E-state index < -0.39 is 6.10 Å². The Kier molecular flexibility index (Phi) is 9.48. The Bertz CT molecular complexity index is 859. The Hall–Kier alpha value is -2.32. The van der Waals surface area contributed by atoms with Gasteiger partial charge in [0, 0.05) is 26.1 Å². The van der Waals surface area contributed by atoms with Gasteiger partial charge in [0.2, 0.25) is 5.91 Å². The lowest BCUT2D eigenvalue weighted by molar-refractivity contribution is -0.128. The lowest BCUT2D eigenvalue weighted by Gasteiger charge is -2.39. The van der Waals surface area contributed by atoms with Gasteiger partial charge in [-0.05, 0) is 56.7 Å². The lowest BCUT2D eigenvalue weighted by Crippen LogP contribution is -2.47. The third-order valence-corrected chi connectivity index (χ3v) is 8.08. The molecule has 3 unspecified atom stereocenters. The number of likely N-dealkylation sites (tertiary alicyclic amines) is 1. The van der Waals surface area contributed by atoms with Crippen LogP contribution in [0.5, 0.6) is 0 Å². The number of fused-ring (bicyclic) bond motifs is 1. The molecule has 2 amide bonds. The lowest BCUT2D eigenvalue weighted by atomic mass is 9.82. The van der Waals surface area contributed by atoms with Gasteiger partial charge in [-0.1, -0.05) is 32.3 Å². The van der Waals surface area contributed by atoms with Gasteiger partial charge in [0.1, 0.15) is 24.2 Å². The largest absolute Gasteiger partial charge is 0.496 e. The van der Waals surface area contributed by atoms with E-state index in [1.807, 2.05) is 0 Å². The molecule has 1 aliphatic carbocycles. The Balaban J connectivity index is 1.29. The average Bonchev–Trinajstić information content (AvgIpc) is 3.16. The summed E-state index contributed by atoms with van der Waals surface area (Å²) in [6, 6.07) is 0. The van der Waals surface area contributed by atoms with Gasteiger partial charge in [0.05, 0.1) is 24.8 Å². The van der Waals surface area contributed by atoms with Crippen molar-refractivity contribution in [1.29, 1.82) is 0 Å². The number of hydrogen-bond donors (Lipinski definition) is 2. The molecule has 8 heteroatoms. The number of carbonyl (C=O) groups is 2. The van der Waals surface area contributed by atoms with Crippen LogP contribution >= 0.6 is 0 Å². The highest BCUT2D eigenvalue weighted by Gasteiger charge is 2.32. The maximum Gasteiger partial charge on any atom is 0.257 e. The molecule has 4 atom stereocenters. The van der Waals surface area contributed by atoms with Gasteiger partial charge in [0.15, 0.2) is 0 Å². The number of amides is 2. The van der Waals surface area contributed by atoms with Crippen LogP contribution in [0.3, 0.4) is 0 Å². The summed E-state index contributed by atoms with van der Waals surface area (Å²) < 4.78 is 11.6. The highest BCUT2D eigenvalue weighted by Crippen LogP contribution is 2.35. The predicted octanol–water partition coefficient (Wildman–Crippen LogP) is 2.75. The van der Waals surface area contributed by atoms with Gasteiger partial charge in [0.25, 0.3) is 5.91 Å². The van der Waals surface area contributed by atoms with Crippen LogP contribution in [0.1, 0.15) is 58.3 Å². The third kappa shape index (κ3) is 7.35. The first-order chi connectivity index (χ1) is 17.4. The number of nitrogens with one attached hydrogen (secondary N) is 1. The van der Waals surface area contributed by atoms with E-state index in [1.165, 1.54) is 38.5 Å².